The molecule has 128 valence electrons. The Balaban J connectivity index is 1.47. The van der Waals surface area contributed by atoms with Crippen LogP contribution in [0.2, 0.25) is 0 Å². The van der Waals surface area contributed by atoms with Gasteiger partial charge in [0.25, 0.3) is 0 Å². The van der Waals surface area contributed by atoms with E-state index >= 15 is 0 Å². The number of benzene rings is 1. The number of ether oxygens (including phenoxy) is 2. The highest BCUT2D eigenvalue weighted by Gasteiger charge is 2.09. The summed E-state index contributed by atoms with van der Waals surface area (Å²) in [5, 5.41) is 5.72. The molecule has 0 aromatic heterocycles. The number of carbonyl (C=O) groups is 1. The van der Waals surface area contributed by atoms with Gasteiger partial charge in [-0.3, -0.25) is 4.90 Å². The molecule has 2 rings (SSSR count). The minimum absolute atomic E-state index is 0.117. The topological polar surface area (TPSA) is 62.8 Å². The quantitative estimate of drug-likeness (QED) is 0.711. The molecule has 6 heteroatoms. The van der Waals surface area contributed by atoms with Gasteiger partial charge in [0.2, 0.25) is 0 Å². The van der Waals surface area contributed by atoms with Gasteiger partial charge in [0.05, 0.1) is 19.8 Å². The van der Waals surface area contributed by atoms with E-state index in [2.05, 4.69) is 15.5 Å². The highest BCUT2D eigenvalue weighted by atomic mass is 16.5. The molecule has 1 saturated heterocycles. The summed E-state index contributed by atoms with van der Waals surface area (Å²) in [6.45, 7) is 8.21. The zero-order chi connectivity index (χ0) is 16.3. The second-order valence-corrected chi connectivity index (χ2v) is 5.60. The van der Waals surface area contributed by atoms with E-state index in [0.717, 1.165) is 50.6 Å². The van der Waals surface area contributed by atoms with E-state index < -0.39 is 0 Å². The molecule has 23 heavy (non-hydrogen) atoms. The third-order valence-electron chi connectivity index (χ3n) is 3.78. The lowest BCUT2D eigenvalue weighted by atomic mass is 10.2. The second kappa shape index (κ2) is 10.1. The minimum atomic E-state index is -0.117. The number of nitrogens with one attached hydrogen (secondary N) is 2. The Morgan fingerprint density at radius 1 is 1.22 bits per heavy atom. The largest absolute Gasteiger partial charge is 0.493 e. The van der Waals surface area contributed by atoms with Crippen molar-refractivity contribution in [3.05, 3.63) is 29.8 Å². The summed E-state index contributed by atoms with van der Waals surface area (Å²) in [6, 6.07) is 7.82. The van der Waals surface area contributed by atoms with Crippen LogP contribution in [-0.4, -0.2) is 63.5 Å². The second-order valence-electron chi connectivity index (χ2n) is 5.60. The van der Waals surface area contributed by atoms with Gasteiger partial charge in [-0.2, -0.15) is 0 Å². The molecule has 0 unspecified atom stereocenters. The van der Waals surface area contributed by atoms with Crippen LogP contribution in [-0.2, 0) is 4.74 Å². The smallest absolute Gasteiger partial charge is 0.314 e. The van der Waals surface area contributed by atoms with Gasteiger partial charge in [-0.15, -0.1) is 0 Å². The molecule has 0 radical (unpaired) electrons. The van der Waals surface area contributed by atoms with E-state index in [9.17, 15) is 4.79 Å². The monoisotopic (exact) mass is 321 g/mol. The third kappa shape index (κ3) is 6.88. The zero-order valence-electron chi connectivity index (χ0n) is 13.8. The minimum Gasteiger partial charge on any atom is -0.493 e. The standard InChI is InChI=1S/C17H27N3O3/c1-15-5-2-3-6-16(15)23-12-4-7-18-17(21)19-8-9-20-10-13-22-14-11-20/h2-3,5-6H,4,7-14H2,1H3,(H2,18,19,21). The fourth-order valence-electron chi connectivity index (χ4n) is 2.39. The fourth-order valence-corrected chi connectivity index (χ4v) is 2.39. The molecule has 2 N–H and O–H groups in total. The van der Waals surface area contributed by atoms with Crippen LogP contribution in [0, 0.1) is 6.92 Å². The van der Waals surface area contributed by atoms with Gasteiger partial charge in [0, 0.05) is 32.7 Å². The fraction of sp³-hybridized carbons (Fsp3) is 0.588. The molecule has 6 nitrogen and oxygen atoms in total. The maximum absolute atomic E-state index is 11.7. The molecular formula is C17H27N3O3. The van der Waals surface area contributed by atoms with E-state index in [0.29, 0.717) is 19.7 Å². The van der Waals surface area contributed by atoms with Crippen molar-refractivity contribution in [1.82, 2.24) is 15.5 Å². The first-order valence-electron chi connectivity index (χ1n) is 8.26. The molecule has 1 fully saturated rings. The average Bonchev–Trinajstić information content (AvgIpc) is 2.57. The molecule has 1 aliphatic heterocycles. The van der Waals surface area contributed by atoms with Crippen LogP contribution in [0.4, 0.5) is 4.79 Å². The van der Waals surface area contributed by atoms with Crippen LogP contribution < -0.4 is 15.4 Å². The summed E-state index contributed by atoms with van der Waals surface area (Å²) in [5.41, 5.74) is 1.13. The highest BCUT2D eigenvalue weighted by molar-refractivity contribution is 5.73. The summed E-state index contributed by atoms with van der Waals surface area (Å²) in [7, 11) is 0. The van der Waals surface area contributed by atoms with Crippen molar-refractivity contribution in [1.29, 1.82) is 0 Å². The van der Waals surface area contributed by atoms with Crippen molar-refractivity contribution >= 4 is 6.03 Å². The van der Waals surface area contributed by atoms with Crippen LogP contribution in [0.3, 0.4) is 0 Å². The van der Waals surface area contributed by atoms with Crippen molar-refractivity contribution in [2.24, 2.45) is 0 Å². The first-order valence-corrected chi connectivity index (χ1v) is 8.26. The van der Waals surface area contributed by atoms with Gasteiger partial charge < -0.3 is 20.1 Å². The summed E-state index contributed by atoms with van der Waals surface area (Å²) in [5.74, 6) is 0.905. The SMILES string of the molecule is Cc1ccccc1OCCCNC(=O)NCCN1CCOCC1. The van der Waals surface area contributed by atoms with Gasteiger partial charge in [-0.1, -0.05) is 18.2 Å². The predicted octanol–water partition coefficient (Wildman–Crippen LogP) is 1.40. The molecule has 0 saturated carbocycles. The number of nitrogens with zero attached hydrogens (tertiary/aromatic N) is 1. The van der Waals surface area contributed by atoms with Crippen LogP contribution >= 0.6 is 0 Å². The zero-order valence-corrected chi connectivity index (χ0v) is 13.8. The number of carbonyl (C=O) groups excluding carboxylic acids is 1. The van der Waals surface area contributed by atoms with E-state index in [-0.39, 0.29) is 6.03 Å². The maximum atomic E-state index is 11.7. The Hall–Kier alpha value is -1.79. The molecular weight excluding hydrogens is 294 g/mol. The number of rotatable bonds is 8. The molecule has 1 heterocycles. The molecule has 0 aliphatic carbocycles. The number of aryl methyl sites for hydroxylation is 1. The normalized spacial score (nSPS) is 15.2. The predicted molar refractivity (Wildman–Crippen MR) is 90.0 cm³/mol. The lowest BCUT2D eigenvalue weighted by Crippen LogP contribution is -2.44. The Bertz CT molecular complexity index is 476. The van der Waals surface area contributed by atoms with Gasteiger partial charge in [0.1, 0.15) is 5.75 Å². The van der Waals surface area contributed by atoms with E-state index in [4.69, 9.17) is 9.47 Å². The average molecular weight is 321 g/mol. The van der Waals surface area contributed by atoms with Gasteiger partial charge in [-0.25, -0.2) is 4.79 Å². The van der Waals surface area contributed by atoms with Crippen molar-refractivity contribution in [3.8, 4) is 5.75 Å². The third-order valence-corrected chi connectivity index (χ3v) is 3.78. The summed E-state index contributed by atoms with van der Waals surface area (Å²) in [4.78, 5) is 14.0. The Morgan fingerprint density at radius 2 is 1.96 bits per heavy atom. The number of urea groups is 1. The van der Waals surface area contributed by atoms with Crippen LogP contribution in [0.15, 0.2) is 24.3 Å². The van der Waals surface area contributed by atoms with Crippen molar-refractivity contribution < 1.29 is 14.3 Å². The van der Waals surface area contributed by atoms with E-state index in [1.165, 1.54) is 0 Å². The molecule has 1 aromatic carbocycles. The molecule has 0 atom stereocenters. The molecule has 2 amide bonds. The number of hydrogen-bond acceptors (Lipinski definition) is 4. The van der Waals surface area contributed by atoms with Crippen LogP contribution in [0.1, 0.15) is 12.0 Å². The summed E-state index contributed by atoms with van der Waals surface area (Å²) < 4.78 is 11.0. The molecule has 0 spiro atoms. The number of morpholine rings is 1. The van der Waals surface area contributed by atoms with Crippen molar-refractivity contribution in [2.45, 2.75) is 13.3 Å². The molecule has 0 bridgehead atoms. The van der Waals surface area contributed by atoms with Crippen molar-refractivity contribution in [2.75, 3.05) is 52.5 Å². The number of hydrogen-bond donors (Lipinski definition) is 2. The molecule has 1 aromatic rings. The van der Waals surface area contributed by atoms with E-state index in [1.54, 1.807) is 0 Å². The number of para-hydroxylation sites is 1. The Morgan fingerprint density at radius 3 is 2.74 bits per heavy atom. The van der Waals surface area contributed by atoms with Gasteiger partial charge in [-0.05, 0) is 25.0 Å². The van der Waals surface area contributed by atoms with Gasteiger partial charge in [0.15, 0.2) is 0 Å². The lowest BCUT2D eigenvalue weighted by Gasteiger charge is -2.26. The Kier molecular flexibility index (Phi) is 7.69. The maximum Gasteiger partial charge on any atom is 0.314 e. The summed E-state index contributed by atoms with van der Waals surface area (Å²) >= 11 is 0. The number of amides is 2. The van der Waals surface area contributed by atoms with Crippen LogP contribution in [0.25, 0.3) is 0 Å². The first-order chi connectivity index (χ1) is 11.3. The lowest BCUT2D eigenvalue weighted by molar-refractivity contribution is 0.0387. The van der Waals surface area contributed by atoms with Crippen LogP contribution in [0.5, 0.6) is 5.75 Å². The first kappa shape index (κ1) is 17.6. The summed E-state index contributed by atoms with van der Waals surface area (Å²) in [6.07, 6.45) is 0.783. The van der Waals surface area contributed by atoms with Crippen molar-refractivity contribution in [3.63, 3.8) is 0 Å². The Labute approximate surface area is 138 Å². The molecule has 1 aliphatic rings. The van der Waals surface area contributed by atoms with Gasteiger partial charge >= 0.3 is 6.03 Å². The highest BCUT2D eigenvalue weighted by Crippen LogP contribution is 2.15. The van der Waals surface area contributed by atoms with E-state index in [1.807, 2.05) is 31.2 Å².